The summed E-state index contributed by atoms with van der Waals surface area (Å²) in [5.41, 5.74) is -0.113. The number of hydrogen-bond donors (Lipinski definition) is 2. The van der Waals surface area contributed by atoms with Crippen LogP contribution in [0.1, 0.15) is 0 Å². The van der Waals surface area contributed by atoms with Gasteiger partial charge in [0.2, 0.25) is 0 Å². The number of hydrogen-bond acceptors (Lipinski definition) is 6. The fourth-order valence-electron chi connectivity index (χ4n) is 2.51. The largest absolute Gasteiger partial charge is 0.391 e. The van der Waals surface area contributed by atoms with E-state index in [-0.39, 0.29) is 18.0 Å². The molecule has 0 atom stereocenters. The number of benzene rings is 1. The molecule has 0 radical (unpaired) electrons. The van der Waals surface area contributed by atoms with Crippen LogP contribution >= 0.6 is 0 Å². The highest BCUT2D eigenvalue weighted by Gasteiger charge is 2.27. The van der Waals surface area contributed by atoms with Gasteiger partial charge in [-0.25, -0.2) is 0 Å². The molecule has 9 heteroatoms. The fraction of sp³-hybridized carbons (Fsp3) is 0.500. The van der Waals surface area contributed by atoms with E-state index in [1.807, 2.05) is 4.90 Å². The maximum Gasteiger partial charge on any atom is 0.299 e. The molecular formula is C12H17N4O5+. The molecule has 1 aromatic rings. The normalized spacial score (nSPS) is 16.0. The molecule has 0 amide bonds. The van der Waals surface area contributed by atoms with Crippen molar-refractivity contribution in [1.82, 2.24) is 0 Å². The number of nitrogens with zero attached hydrogens (tertiary/aromatic N) is 3. The van der Waals surface area contributed by atoms with Crippen molar-refractivity contribution in [3.63, 3.8) is 0 Å². The Morgan fingerprint density at radius 3 is 2.38 bits per heavy atom. The van der Waals surface area contributed by atoms with Crippen LogP contribution in [0.2, 0.25) is 0 Å². The van der Waals surface area contributed by atoms with Gasteiger partial charge in [0.25, 0.3) is 11.4 Å². The first-order valence-corrected chi connectivity index (χ1v) is 6.65. The van der Waals surface area contributed by atoms with Gasteiger partial charge in [0.1, 0.15) is 12.2 Å². The highest BCUT2D eigenvalue weighted by molar-refractivity contribution is 5.66. The summed E-state index contributed by atoms with van der Waals surface area (Å²) >= 11 is 0. The van der Waals surface area contributed by atoms with E-state index in [4.69, 9.17) is 5.11 Å². The topological polar surface area (TPSA) is 114 Å². The van der Waals surface area contributed by atoms with Gasteiger partial charge in [-0.3, -0.25) is 20.2 Å². The van der Waals surface area contributed by atoms with Gasteiger partial charge in [0, 0.05) is 6.07 Å². The van der Waals surface area contributed by atoms with Crippen molar-refractivity contribution in [1.29, 1.82) is 0 Å². The van der Waals surface area contributed by atoms with Crippen molar-refractivity contribution < 1.29 is 19.9 Å². The number of aliphatic hydroxyl groups is 1. The van der Waals surface area contributed by atoms with Gasteiger partial charge in [0.15, 0.2) is 0 Å². The van der Waals surface area contributed by atoms with Crippen molar-refractivity contribution in [2.24, 2.45) is 0 Å². The van der Waals surface area contributed by atoms with Crippen molar-refractivity contribution in [2.45, 2.75) is 0 Å². The molecule has 1 aliphatic heterocycles. The lowest BCUT2D eigenvalue weighted by molar-refractivity contribution is -0.900. The number of nitro groups is 2. The molecule has 1 saturated heterocycles. The number of rotatable bonds is 5. The molecule has 1 aromatic carbocycles. The minimum absolute atomic E-state index is 0.118. The Kier molecular flexibility index (Phi) is 4.66. The van der Waals surface area contributed by atoms with E-state index in [1.54, 1.807) is 0 Å². The molecule has 2 rings (SSSR count). The Hall–Kier alpha value is -2.26. The second kappa shape index (κ2) is 6.46. The van der Waals surface area contributed by atoms with Crippen LogP contribution in [0.5, 0.6) is 0 Å². The first-order valence-electron chi connectivity index (χ1n) is 6.65. The van der Waals surface area contributed by atoms with E-state index in [0.717, 1.165) is 19.2 Å². The minimum atomic E-state index is -0.639. The van der Waals surface area contributed by atoms with Crippen molar-refractivity contribution in [3.05, 3.63) is 38.4 Å². The predicted molar refractivity (Wildman–Crippen MR) is 74.6 cm³/mol. The number of anilines is 1. The minimum Gasteiger partial charge on any atom is -0.391 e. The molecule has 2 N–H and O–H groups in total. The van der Waals surface area contributed by atoms with Crippen LogP contribution in [0.25, 0.3) is 0 Å². The van der Waals surface area contributed by atoms with Gasteiger partial charge in [-0.05, 0) is 6.07 Å². The van der Waals surface area contributed by atoms with Crippen LogP contribution in [-0.2, 0) is 0 Å². The van der Waals surface area contributed by atoms with Crippen LogP contribution in [0, 0.1) is 20.2 Å². The number of quaternary nitrogens is 1. The van der Waals surface area contributed by atoms with E-state index < -0.39 is 9.85 Å². The van der Waals surface area contributed by atoms with E-state index in [1.165, 1.54) is 17.0 Å². The SMILES string of the molecule is O=[N+]([O-])c1ccc(N2CC[NH+](CCO)CC2)c([N+](=O)[O-])c1. The number of non-ortho nitro benzene ring substituents is 1. The molecule has 0 aliphatic carbocycles. The predicted octanol–water partition coefficient (Wildman–Crippen LogP) is -0.800. The van der Waals surface area contributed by atoms with Crippen molar-refractivity contribution >= 4 is 17.1 Å². The molecule has 114 valence electrons. The first kappa shape index (κ1) is 15.1. The van der Waals surface area contributed by atoms with Crippen LogP contribution in [0.4, 0.5) is 17.1 Å². The van der Waals surface area contributed by atoms with Crippen LogP contribution in [0.3, 0.4) is 0 Å². The molecule has 0 bridgehead atoms. The maximum atomic E-state index is 11.1. The number of aliphatic hydroxyl groups excluding tert-OH is 1. The van der Waals surface area contributed by atoms with Crippen molar-refractivity contribution in [2.75, 3.05) is 44.2 Å². The summed E-state index contributed by atoms with van der Waals surface area (Å²) in [5.74, 6) is 0. The molecule has 21 heavy (non-hydrogen) atoms. The summed E-state index contributed by atoms with van der Waals surface area (Å²) in [6.07, 6.45) is 0. The lowest BCUT2D eigenvalue weighted by atomic mass is 10.2. The van der Waals surface area contributed by atoms with Gasteiger partial charge < -0.3 is 14.9 Å². The second-order valence-electron chi connectivity index (χ2n) is 4.90. The lowest BCUT2D eigenvalue weighted by Gasteiger charge is -2.32. The number of nitro benzene ring substituents is 2. The fourth-order valence-corrected chi connectivity index (χ4v) is 2.51. The highest BCUT2D eigenvalue weighted by Crippen LogP contribution is 2.31. The van der Waals surface area contributed by atoms with Gasteiger partial charge in [-0.1, -0.05) is 0 Å². The molecule has 0 aromatic heterocycles. The zero-order valence-corrected chi connectivity index (χ0v) is 11.4. The van der Waals surface area contributed by atoms with Gasteiger partial charge >= 0.3 is 0 Å². The lowest BCUT2D eigenvalue weighted by Crippen LogP contribution is -3.15. The summed E-state index contributed by atoms with van der Waals surface area (Å²) in [5, 5.41) is 30.8. The number of piperazine rings is 1. The summed E-state index contributed by atoms with van der Waals surface area (Å²) in [7, 11) is 0. The summed E-state index contributed by atoms with van der Waals surface area (Å²) < 4.78 is 0. The average Bonchev–Trinajstić information content (AvgIpc) is 2.47. The molecule has 9 nitrogen and oxygen atoms in total. The van der Waals surface area contributed by atoms with Crippen LogP contribution in [-0.4, -0.2) is 54.3 Å². The molecule has 0 spiro atoms. The Balaban J connectivity index is 2.20. The van der Waals surface area contributed by atoms with Gasteiger partial charge in [-0.15, -0.1) is 0 Å². The molecule has 0 unspecified atom stereocenters. The standard InChI is InChI=1S/C12H16N4O5/c17-8-7-13-3-5-14(6-4-13)11-2-1-10(15(18)19)9-12(11)16(20)21/h1-2,9,17H,3-8H2/p+1. The van der Waals surface area contributed by atoms with Gasteiger partial charge in [-0.2, -0.15) is 0 Å². The third kappa shape index (κ3) is 3.44. The molecule has 0 saturated carbocycles. The first-order chi connectivity index (χ1) is 10.0. The smallest absolute Gasteiger partial charge is 0.299 e. The second-order valence-corrected chi connectivity index (χ2v) is 4.90. The van der Waals surface area contributed by atoms with E-state index in [9.17, 15) is 20.2 Å². The van der Waals surface area contributed by atoms with Crippen LogP contribution in [0.15, 0.2) is 18.2 Å². The summed E-state index contributed by atoms with van der Waals surface area (Å²) in [4.78, 5) is 23.7. The monoisotopic (exact) mass is 297 g/mol. The zero-order chi connectivity index (χ0) is 15.4. The summed E-state index contributed by atoms with van der Waals surface area (Å²) in [6.45, 7) is 3.56. The molecule has 1 aliphatic rings. The maximum absolute atomic E-state index is 11.1. The van der Waals surface area contributed by atoms with Gasteiger partial charge in [0.05, 0.1) is 48.7 Å². The Labute approximate surface area is 120 Å². The molecular weight excluding hydrogens is 280 g/mol. The van der Waals surface area contributed by atoms with E-state index in [0.29, 0.717) is 25.3 Å². The zero-order valence-electron chi connectivity index (χ0n) is 11.4. The van der Waals surface area contributed by atoms with Crippen LogP contribution < -0.4 is 9.80 Å². The van der Waals surface area contributed by atoms with Crippen molar-refractivity contribution in [3.8, 4) is 0 Å². The highest BCUT2D eigenvalue weighted by atomic mass is 16.6. The van der Waals surface area contributed by atoms with E-state index >= 15 is 0 Å². The molecule has 1 fully saturated rings. The Bertz CT molecular complexity index is 542. The average molecular weight is 297 g/mol. The quantitative estimate of drug-likeness (QED) is 0.543. The Morgan fingerprint density at radius 2 is 1.86 bits per heavy atom. The molecule has 1 heterocycles. The van der Waals surface area contributed by atoms with E-state index in [2.05, 4.69) is 0 Å². The summed E-state index contributed by atoms with van der Waals surface area (Å²) in [6, 6.07) is 3.73. The third-order valence-electron chi connectivity index (χ3n) is 3.64. The number of nitrogens with one attached hydrogen (secondary N) is 1. The third-order valence-corrected chi connectivity index (χ3v) is 3.64. The Morgan fingerprint density at radius 1 is 1.19 bits per heavy atom.